The fraction of sp³-hybridized carbons (Fsp3) is 0.733. The Morgan fingerprint density at radius 2 is 1.80 bits per heavy atom. The van der Waals surface area contributed by atoms with E-state index < -0.39 is 17.1 Å². The molecular weight excluding hydrogens is 256 g/mol. The Hall–Kier alpha value is -1.36. The summed E-state index contributed by atoms with van der Waals surface area (Å²) in [5.74, 6) is -0.318. The van der Waals surface area contributed by atoms with Crippen molar-refractivity contribution in [2.45, 2.75) is 71.9 Å². The van der Waals surface area contributed by atoms with Gasteiger partial charge < -0.3 is 14.8 Å². The summed E-state index contributed by atoms with van der Waals surface area (Å²) in [5.41, 5.74) is -1.33. The normalized spacial score (nSPS) is 12.8. The summed E-state index contributed by atoms with van der Waals surface area (Å²) in [4.78, 5) is 16.1. The molecule has 1 aromatic heterocycles. The largest absolute Gasteiger partial charge is 0.477 e. The third-order valence-electron chi connectivity index (χ3n) is 3.15. The van der Waals surface area contributed by atoms with E-state index >= 15 is 0 Å². The lowest BCUT2D eigenvalue weighted by Crippen LogP contribution is -2.29. The van der Waals surface area contributed by atoms with E-state index in [9.17, 15) is 15.0 Å². The maximum Gasteiger partial charge on any atom is 0.354 e. The van der Waals surface area contributed by atoms with Crippen molar-refractivity contribution in [1.29, 1.82) is 0 Å². The van der Waals surface area contributed by atoms with Crippen LogP contribution in [0.25, 0.3) is 0 Å². The Morgan fingerprint density at radius 3 is 2.15 bits per heavy atom. The smallest absolute Gasteiger partial charge is 0.354 e. The highest BCUT2D eigenvalue weighted by Crippen LogP contribution is 2.30. The monoisotopic (exact) mass is 282 g/mol. The molecule has 0 spiro atoms. The number of carbonyl (C=O) groups is 1. The van der Waals surface area contributed by atoms with Crippen molar-refractivity contribution in [3.63, 3.8) is 0 Å². The van der Waals surface area contributed by atoms with Crippen molar-refractivity contribution in [3.05, 3.63) is 17.2 Å². The standard InChI is InChI=1S/C15H26N2O3/c1-7-8-9-10-16-12(15(5,6)20)11(13(18)19)17(10)14(2,3)4/h20H,7-9H2,1-6H3,(H,18,19). The van der Waals surface area contributed by atoms with Gasteiger partial charge in [-0.25, -0.2) is 9.78 Å². The van der Waals surface area contributed by atoms with Gasteiger partial charge in [0.2, 0.25) is 0 Å². The number of unbranched alkanes of at least 4 members (excludes halogenated alkanes) is 1. The summed E-state index contributed by atoms with van der Waals surface area (Å²) in [6, 6.07) is 0. The van der Waals surface area contributed by atoms with Crippen molar-refractivity contribution in [3.8, 4) is 0 Å². The number of aryl methyl sites for hydroxylation is 1. The molecule has 0 aromatic carbocycles. The van der Waals surface area contributed by atoms with Gasteiger partial charge >= 0.3 is 5.97 Å². The van der Waals surface area contributed by atoms with Crippen LogP contribution in [0.15, 0.2) is 0 Å². The number of rotatable bonds is 5. The van der Waals surface area contributed by atoms with E-state index in [0.29, 0.717) is 6.42 Å². The summed E-state index contributed by atoms with van der Waals surface area (Å²) in [7, 11) is 0. The molecule has 2 N–H and O–H groups in total. The van der Waals surface area contributed by atoms with Crippen molar-refractivity contribution in [2.75, 3.05) is 0 Å². The molecule has 1 rings (SSSR count). The second-order valence-electron chi connectivity index (χ2n) is 6.70. The van der Waals surface area contributed by atoms with E-state index in [2.05, 4.69) is 11.9 Å². The highest BCUT2D eigenvalue weighted by molar-refractivity contribution is 5.87. The van der Waals surface area contributed by atoms with Crippen LogP contribution in [0.3, 0.4) is 0 Å². The summed E-state index contributed by atoms with van der Waals surface area (Å²) < 4.78 is 1.75. The molecule has 0 saturated heterocycles. The molecule has 114 valence electrons. The molecule has 1 heterocycles. The minimum absolute atomic E-state index is 0.0936. The summed E-state index contributed by atoms with van der Waals surface area (Å²) >= 11 is 0. The molecular formula is C15H26N2O3. The van der Waals surface area contributed by atoms with Gasteiger partial charge in [-0.2, -0.15) is 0 Å². The molecule has 0 atom stereocenters. The fourth-order valence-electron chi connectivity index (χ4n) is 2.32. The fourth-order valence-corrected chi connectivity index (χ4v) is 2.32. The van der Waals surface area contributed by atoms with Gasteiger partial charge in [0.15, 0.2) is 5.69 Å². The van der Waals surface area contributed by atoms with E-state index in [-0.39, 0.29) is 11.4 Å². The molecule has 5 nitrogen and oxygen atoms in total. The minimum Gasteiger partial charge on any atom is -0.477 e. The lowest BCUT2D eigenvalue weighted by molar-refractivity contribution is 0.0595. The minimum atomic E-state index is -1.27. The first-order valence-corrected chi connectivity index (χ1v) is 7.08. The number of carboxylic acids is 1. The topological polar surface area (TPSA) is 75.3 Å². The van der Waals surface area contributed by atoms with Crippen LogP contribution in [0.2, 0.25) is 0 Å². The zero-order chi connectivity index (χ0) is 15.7. The van der Waals surface area contributed by atoms with Gasteiger partial charge in [0.25, 0.3) is 0 Å². The highest BCUT2D eigenvalue weighted by Gasteiger charge is 2.34. The Kier molecular flexibility index (Phi) is 4.64. The molecule has 0 aliphatic heterocycles. The average Bonchev–Trinajstić information content (AvgIpc) is 2.64. The van der Waals surface area contributed by atoms with Gasteiger partial charge in [-0.05, 0) is 41.0 Å². The molecule has 0 bridgehead atoms. The third kappa shape index (κ3) is 3.39. The molecule has 0 saturated carbocycles. The van der Waals surface area contributed by atoms with E-state index in [1.165, 1.54) is 0 Å². The first-order chi connectivity index (χ1) is 9.00. The molecule has 0 amide bonds. The molecule has 0 unspecified atom stereocenters. The molecule has 0 radical (unpaired) electrons. The van der Waals surface area contributed by atoms with Gasteiger partial charge in [0.1, 0.15) is 17.1 Å². The Morgan fingerprint density at radius 1 is 1.25 bits per heavy atom. The summed E-state index contributed by atoms with van der Waals surface area (Å²) in [5, 5.41) is 19.7. The lowest BCUT2D eigenvalue weighted by Gasteiger charge is -2.26. The zero-order valence-corrected chi connectivity index (χ0v) is 13.3. The van der Waals surface area contributed by atoms with Crippen molar-refractivity contribution in [1.82, 2.24) is 9.55 Å². The van der Waals surface area contributed by atoms with Crippen molar-refractivity contribution >= 4 is 5.97 Å². The van der Waals surface area contributed by atoms with Crippen LogP contribution in [-0.2, 0) is 17.6 Å². The predicted molar refractivity (Wildman–Crippen MR) is 78.0 cm³/mol. The number of nitrogens with zero attached hydrogens (tertiary/aromatic N) is 2. The van der Waals surface area contributed by atoms with Gasteiger partial charge in [-0.15, -0.1) is 0 Å². The summed E-state index contributed by atoms with van der Waals surface area (Å²) in [6.45, 7) is 11.1. The second kappa shape index (κ2) is 5.56. The lowest BCUT2D eigenvalue weighted by atomic mass is 10.0. The molecule has 0 aliphatic rings. The van der Waals surface area contributed by atoms with Gasteiger partial charge in [0, 0.05) is 12.0 Å². The van der Waals surface area contributed by atoms with E-state index in [4.69, 9.17) is 0 Å². The number of aromatic nitrogens is 2. The Bertz CT molecular complexity index is 490. The van der Waals surface area contributed by atoms with Crippen LogP contribution >= 0.6 is 0 Å². The van der Waals surface area contributed by atoms with Crippen LogP contribution in [-0.4, -0.2) is 25.7 Å². The Labute approximate surface area is 120 Å². The SMILES string of the molecule is CCCCc1nc(C(C)(C)O)c(C(=O)O)n1C(C)(C)C. The maximum atomic E-state index is 11.7. The molecule has 5 heteroatoms. The molecule has 20 heavy (non-hydrogen) atoms. The average molecular weight is 282 g/mol. The number of hydrogen-bond acceptors (Lipinski definition) is 3. The first kappa shape index (κ1) is 16.7. The first-order valence-electron chi connectivity index (χ1n) is 7.08. The zero-order valence-electron chi connectivity index (χ0n) is 13.3. The van der Waals surface area contributed by atoms with E-state index in [0.717, 1.165) is 18.7 Å². The predicted octanol–water partition coefficient (Wildman–Crippen LogP) is 2.91. The number of carboxylic acid groups (broad SMARTS) is 1. The van der Waals surface area contributed by atoms with Crippen LogP contribution < -0.4 is 0 Å². The van der Waals surface area contributed by atoms with Crippen LogP contribution in [0.4, 0.5) is 0 Å². The maximum absolute atomic E-state index is 11.7. The van der Waals surface area contributed by atoms with Gasteiger partial charge in [-0.1, -0.05) is 13.3 Å². The number of imidazole rings is 1. The number of aliphatic hydroxyl groups is 1. The van der Waals surface area contributed by atoms with Crippen LogP contribution in [0.1, 0.15) is 76.4 Å². The summed E-state index contributed by atoms with van der Waals surface area (Å²) in [6.07, 6.45) is 2.67. The number of aromatic carboxylic acids is 1. The number of hydrogen-bond donors (Lipinski definition) is 2. The van der Waals surface area contributed by atoms with E-state index in [1.807, 2.05) is 20.8 Å². The second-order valence-corrected chi connectivity index (χ2v) is 6.70. The van der Waals surface area contributed by atoms with Crippen LogP contribution in [0, 0.1) is 0 Å². The molecule has 1 aromatic rings. The van der Waals surface area contributed by atoms with Crippen LogP contribution in [0.5, 0.6) is 0 Å². The van der Waals surface area contributed by atoms with Gasteiger partial charge in [-0.3, -0.25) is 0 Å². The van der Waals surface area contributed by atoms with Crippen molar-refractivity contribution in [2.24, 2.45) is 0 Å². The van der Waals surface area contributed by atoms with E-state index in [1.54, 1.807) is 18.4 Å². The quantitative estimate of drug-likeness (QED) is 0.870. The van der Waals surface area contributed by atoms with Gasteiger partial charge in [0.05, 0.1) is 0 Å². The third-order valence-corrected chi connectivity index (χ3v) is 3.15. The molecule has 0 aliphatic carbocycles. The van der Waals surface area contributed by atoms with Crippen molar-refractivity contribution < 1.29 is 15.0 Å². The highest BCUT2D eigenvalue weighted by atomic mass is 16.4. The molecule has 0 fully saturated rings. The Balaban J connectivity index is 3.57.